The van der Waals surface area contributed by atoms with Crippen molar-refractivity contribution in [1.29, 1.82) is 0 Å². The molecule has 150 valence electrons. The largest absolute Gasteiger partial charge is 0.366 e. The predicted molar refractivity (Wildman–Crippen MR) is 118 cm³/mol. The van der Waals surface area contributed by atoms with E-state index in [2.05, 4.69) is 43.6 Å². The Morgan fingerprint density at radius 2 is 2.15 bits per heavy atom. The van der Waals surface area contributed by atoms with Gasteiger partial charge in [0.2, 0.25) is 5.91 Å². The summed E-state index contributed by atoms with van der Waals surface area (Å²) in [7, 11) is 1.79. The number of allylic oxidation sites excluding steroid dienone is 6. The van der Waals surface area contributed by atoms with Crippen LogP contribution in [-0.2, 0) is 4.79 Å². The van der Waals surface area contributed by atoms with E-state index in [1.807, 2.05) is 24.4 Å². The molecule has 0 saturated heterocycles. The van der Waals surface area contributed by atoms with Gasteiger partial charge in [-0.3, -0.25) is 4.79 Å². The number of nitrogens with two attached hydrogens (primary N) is 1. The monoisotopic (exact) mass is 370 g/mol. The summed E-state index contributed by atoms with van der Waals surface area (Å²) in [6.45, 7) is 8.30. The van der Waals surface area contributed by atoms with E-state index in [9.17, 15) is 4.79 Å². The van der Waals surface area contributed by atoms with Crippen molar-refractivity contribution in [2.45, 2.75) is 58.8 Å². The maximum Gasteiger partial charge on any atom is 0.244 e. The smallest absolute Gasteiger partial charge is 0.244 e. The van der Waals surface area contributed by atoms with Crippen LogP contribution in [0.1, 0.15) is 58.8 Å². The number of hydrogen-bond donors (Lipinski definition) is 1. The van der Waals surface area contributed by atoms with Gasteiger partial charge in [-0.05, 0) is 68.9 Å². The second kappa shape index (κ2) is 13.3. The summed E-state index contributed by atoms with van der Waals surface area (Å²) in [5.41, 5.74) is 6.43. The van der Waals surface area contributed by atoms with Crippen LogP contribution >= 0.6 is 0 Å². The van der Waals surface area contributed by atoms with Crippen LogP contribution in [0.25, 0.3) is 0 Å². The number of amides is 1. The van der Waals surface area contributed by atoms with Crippen LogP contribution in [0.15, 0.2) is 53.6 Å². The molecule has 0 fully saturated rings. The van der Waals surface area contributed by atoms with E-state index in [1.165, 1.54) is 12.8 Å². The normalized spacial score (nSPS) is 22.1. The lowest BCUT2D eigenvalue weighted by Gasteiger charge is -2.31. The van der Waals surface area contributed by atoms with Gasteiger partial charge >= 0.3 is 0 Å². The zero-order valence-corrected chi connectivity index (χ0v) is 17.4. The highest BCUT2D eigenvalue weighted by atomic mass is 16.1. The summed E-state index contributed by atoms with van der Waals surface area (Å²) >= 11 is 0. The Kier molecular flexibility index (Phi) is 11.4. The highest BCUT2D eigenvalue weighted by Gasteiger charge is 2.29. The number of nitrogens with zero attached hydrogens (tertiary/aromatic N) is 1. The Labute approximate surface area is 166 Å². The third-order valence-electron chi connectivity index (χ3n) is 5.64. The van der Waals surface area contributed by atoms with Crippen molar-refractivity contribution in [2.75, 3.05) is 7.05 Å². The van der Waals surface area contributed by atoms with Crippen molar-refractivity contribution < 1.29 is 4.79 Å². The number of hydrogen-bond acceptors (Lipinski definition) is 2. The van der Waals surface area contributed by atoms with E-state index in [1.54, 1.807) is 7.05 Å². The fourth-order valence-corrected chi connectivity index (χ4v) is 4.32. The van der Waals surface area contributed by atoms with Crippen molar-refractivity contribution in [3.8, 4) is 0 Å². The molecule has 0 aromatic carbocycles. The van der Waals surface area contributed by atoms with Crippen LogP contribution in [0.3, 0.4) is 0 Å². The van der Waals surface area contributed by atoms with Gasteiger partial charge in [-0.25, -0.2) is 0 Å². The lowest BCUT2D eigenvalue weighted by molar-refractivity contribution is -0.115. The molecule has 3 heteroatoms. The van der Waals surface area contributed by atoms with E-state index in [0.29, 0.717) is 17.8 Å². The van der Waals surface area contributed by atoms with E-state index < -0.39 is 0 Å². The number of carbonyl (C=O) groups excluding carboxylic acids is 1. The van der Waals surface area contributed by atoms with Gasteiger partial charge in [0.25, 0.3) is 0 Å². The van der Waals surface area contributed by atoms with Crippen LogP contribution in [0.2, 0.25) is 0 Å². The molecule has 0 aliphatic heterocycles. The molecule has 1 aliphatic rings. The Morgan fingerprint density at radius 1 is 1.37 bits per heavy atom. The molecule has 4 atom stereocenters. The zero-order valence-electron chi connectivity index (χ0n) is 17.4. The first-order valence-corrected chi connectivity index (χ1v) is 10.4. The minimum absolute atomic E-state index is 0.201. The molecule has 0 bridgehead atoms. The average Bonchev–Trinajstić information content (AvgIpc) is 2.65. The van der Waals surface area contributed by atoms with E-state index >= 15 is 0 Å². The summed E-state index contributed by atoms with van der Waals surface area (Å²) in [6.07, 6.45) is 22.1. The molecule has 2 N–H and O–H groups in total. The minimum Gasteiger partial charge on any atom is -0.366 e. The average molecular weight is 371 g/mol. The number of primary amides is 1. The SMILES string of the molecule is C=CCC(C=CC)C(CCC)CCC1C=CC=C(C(N)=O)C1CCC=NC. The summed E-state index contributed by atoms with van der Waals surface area (Å²) in [5.74, 6) is 1.49. The Hall–Kier alpha value is -1.90. The fraction of sp³-hybridized carbons (Fsp3) is 0.583. The van der Waals surface area contributed by atoms with Crippen molar-refractivity contribution in [3.05, 3.63) is 48.6 Å². The second-order valence-electron chi connectivity index (χ2n) is 7.50. The Morgan fingerprint density at radius 3 is 2.74 bits per heavy atom. The van der Waals surface area contributed by atoms with E-state index in [0.717, 1.165) is 37.7 Å². The van der Waals surface area contributed by atoms with Crippen LogP contribution in [0.5, 0.6) is 0 Å². The first-order chi connectivity index (χ1) is 13.1. The predicted octanol–water partition coefficient (Wildman–Crippen LogP) is 5.65. The fourth-order valence-electron chi connectivity index (χ4n) is 4.32. The van der Waals surface area contributed by atoms with Crippen LogP contribution < -0.4 is 5.73 Å². The molecule has 1 rings (SSSR count). The van der Waals surface area contributed by atoms with Gasteiger partial charge < -0.3 is 10.7 Å². The van der Waals surface area contributed by atoms with Gasteiger partial charge in [-0.15, -0.1) is 6.58 Å². The summed E-state index contributed by atoms with van der Waals surface area (Å²) in [6, 6.07) is 0. The van der Waals surface area contributed by atoms with E-state index in [4.69, 9.17) is 5.73 Å². The number of carbonyl (C=O) groups is 1. The standard InChI is InChI=1S/C24H38N2O/c1-5-10-19(11-6-2)20(12-7-3)16-17-21-13-8-14-23(24(25)27)22(21)15-9-18-26-4/h5-6,8,11,13-14,18-22H,1,7,9-10,12,15-17H2,2-4H3,(H2,25,27). The lowest BCUT2D eigenvalue weighted by Crippen LogP contribution is -2.28. The molecular weight excluding hydrogens is 332 g/mol. The van der Waals surface area contributed by atoms with Gasteiger partial charge in [-0.1, -0.05) is 56.2 Å². The van der Waals surface area contributed by atoms with Crippen molar-refractivity contribution in [2.24, 2.45) is 34.4 Å². The highest BCUT2D eigenvalue weighted by Crippen LogP contribution is 2.36. The van der Waals surface area contributed by atoms with Crippen molar-refractivity contribution in [3.63, 3.8) is 0 Å². The highest BCUT2D eigenvalue weighted by molar-refractivity contribution is 5.93. The maximum absolute atomic E-state index is 11.9. The van der Waals surface area contributed by atoms with Gasteiger partial charge in [0.05, 0.1) is 0 Å². The second-order valence-corrected chi connectivity index (χ2v) is 7.50. The molecule has 1 aliphatic carbocycles. The van der Waals surface area contributed by atoms with Crippen molar-refractivity contribution in [1.82, 2.24) is 0 Å². The van der Waals surface area contributed by atoms with Gasteiger partial charge in [0.15, 0.2) is 0 Å². The molecule has 0 radical (unpaired) electrons. The molecule has 27 heavy (non-hydrogen) atoms. The summed E-state index contributed by atoms with van der Waals surface area (Å²) < 4.78 is 0. The van der Waals surface area contributed by atoms with Gasteiger partial charge in [-0.2, -0.15) is 0 Å². The minimum atomic E-state index is -0.286. The summed E-state index contributed by atoms with van der Waals surface area (Å²) in [4.78, 5) is 16.0. The molecule has 0 spiro atoms. The molecular formula is C24H38N2O. The topological polar surface area (TPSA) is 55.5 Å². The maximum atomic E-state index is 11.9. The van der Waals surface area contributed by atoms with Gasteiger partial charge in [0.1, 0.15) is 0 Å². The first-order valence-electron chi connectivity index (χ1n) is 10.4. The van der Waals surface area contributed by atoms with Gasteiger partial charge in [0, 0.05) is 12.6 Å². The van der Waals surface area contributed by atoms with Crippen LogP contribution in [0.4, 0.5) is 0 Å². The molecule has 0 aromatic heterocycles. The summed E-state index contributed by atoms with van der Waals surface area (Å²) in [5, 5.41) is 0. The Bertz CT molecular complexity index is 571. The quantitative estimate of drug-likeness (QED) is 0.331. The number of aliphatic imine (C=N–C) groups is 1. The van der Waals surface area contributed by atoms with Crippen molar-refractivity contribution >= 4 is 12.1 Å². The zero-order chi connectivity index (χ0) is 20.1. The third-order valence-corrected chi connectivity index (χ3v) is 5.64. The molecule has 4 unspecified atom stereocenters. The molecule has 0 saturated carbocycles. The number of rotatable bonds is 13. The van der Waals surface area contributed by atoms with Crippen LogP contribution in [0, 0.1) is 23.7 Å². The first kappa shape index (κ1) is 23.1. The Balaban J connectivity index is 2.87. The molecule has 0 heterocycles. The molecule has 1 amide bonds. The van der Waals surface area contributed by atoms with E-state index in [-0.39, 0.29) is 11.8 Å². The molecule has 0 aromatic rings. The lowest BCUT2D eigenvalue weighted by atomic mass is 9.74. The third kappa shape index (κ3) is 7.70. The molecule has 3 nitrogen and oxygen atoms in total. The van der Waals surface area contributed by atoms with Crippen LogP contribution in [-0.4, -0.2) is 19.2 Å².